The Kier molecular flexibility index (Phi) is 10.5. The van der Waals surface area contributed by atoms with E-state index in [4.69, 9.17) is 8.83 Å². The molecule has 0 aliphatic heterocycles. The van der Waals surface area contributed by atoms with Crippen LogP contribution >= 0.6 is 0 Å². The smallest absolute Gasteiger partial charge is 0.135 e. The van der Waals surface area contributed by atoms with E-state index in [1.807, 2.05) is 38.1 Å². The van der Waals surface area contributed by atoms with Gasteiger partial charge in [0.1, 0.15) is 22.3 Å². The van der Waals surface area contributed by atoms with Gasteiger partial charge in [-0.05, 0) is 109 Å². The van der Waals surface area contributed by atoms with E-state index in [-0.39, 0.29) is 0 Å². The van der Waals surface area contributed by atoms with Crippen molar-refractivity contribution < 1.29 is 8.83 Å². The summed E-state index contributed by atoms with van der Waals surface area (Å²) in [5.74, 6) is 0. The number of hydrogen-bond donors (Lipinski definition) is 1. The van der Waals surface area contributed by atoms with Crippen LogP contribution in [0.5, 0.6) is 0 Å². The molecule has 0 saturated carbocycles. The van der Waals surface area contributed by atoms with E-state index < -0.39 is 0 Å². The molecular weight excluding hydrogens is 755 g/mol. The van der Waals surface area contributed by atoms with Crippen LogP contribution in [-0.2, 0) is 0 Å². The van der Waals surface area contributed by atoms with Gasteiger partial charge < -0.3 is 14.2 Å². The zero-order valence-electron chi connectivity index (χ0n) is 34.8. The summed E-state index contributed by atoms with van der Waals surface area (Å²) in [5.41, 5.74) is 15.3. The molecule has 0 bridgehead atoms. The largest absolute Gasteiger partial charge is 0.456 e. The summed E-state index contributed by atoms with van der Waals surface area (Å²) in [6, 6.07) is 70.8. The lowest BCUT2D eigenvalue weighted by molar-refractivity contribution is 0.668. The summed E-state index contributed by atoms with van der Waals surface area (Å²) in [6.45, 7) is 4.66. The first-order valence-electron chi connectivity index (χ1n) is 21.4. The highest BCUT2D eigenvalue weighted by atomic mass is 16.3. The van der Waals surface area contributed by atoms with Crippen molar-refractivity contribution >= 4 is 72.0 Å². The summed E-state index contributed by atoms with van der Waals surface area (Å²) < 4.78 is 12.2. The van der Waals surface area contributed by atoms with E-state index in [9.17, 15) is 0 Å². The molecule has 0 aliphatic carbocycles. The van der Waals surface area contributed by atoms with Crippen LogP contribution in [0.15, 0.2) is 221 Å². The van der Waals surface area contributed by atoms with Crippen molar-refractivity contribution in [3.05, 3.63) is 223 Å². The maximum Gasteiger partial charge on any atom is 0.135 e. The summed E-state index contributed by atoms with van der Waals surface area (Å²) >= 11 is 0. The molecule has 0 atom stereocenters. The number of benzene rings is 9. The van der Waals surface area contributed by atoms with E-state index in [2.05, 4.69) is 199 Å². The molecule has 0 radical (unpaired) electrons. The van der Waals surface area contributed by atoms with Crippen molar-refractivity contribution in [1.29, 1.82) is 0 Å². The molecule has 0 fully saturated rings. The van der Waals surface area contributed by atoms with Crippen LogP contribution in [0.4, 0.5) is 5.69 Å². The maximum atomic E-state index is 6.17. The first-order chi connectivity index (χ1) is 30.7. The standard InChI is InChI=1S/C57H39NO2.C2H6/c1-2-10-48-43(8-1)9-7-13-49(48)44-24-22-40(23-25-44)39-19-16-38(17-20-39)18-21-42(46-29-33-57-53(37-46)51-12-4-6-15-55(51)60-57)34-35-58-47-30-26-41(27-31-47)45-28-32-56-52(36-45)50-11-3-5-14-54(50)59-56;1-2/h1-34,36-37,58H,35H2;1-2H3/b21-18-,42-34+;. The molecule has 1 N–H and O–H groups in total. The lowest BCUT2D eigenvalue weighted by Gasteiger charge is -2.09. The third kappa shape index (κ3) is 7.57. The van der Waals surface area contributed by atoms with Gasteiger partial charge in [-0.3, -0.25) is 0 Å². The Balaban J connectivity index is 0.00000226. The Bertz CT molecular complexity index is 3390. The normalized spacial score (nSPS) is 11.8. The first-order valence-corrected chi connectivity index (χ1v) is 21.4. The summed E-state index contributed by atoms with van der Waals surface area (Å²) in [4.78, 5) is 0. The van der Waals surface area contributed by atoms with Gasteiger partial charge in [0, 0.05) is 33.8 Å². The number of anilines is 1. The fourth-order valence-electron chi connectivity index (χ4n) is 8.44. The first kappa shape index (κ1) is 38.3. The van der Waals surface area contributed by atoms with Crippen LogP contribution in [0.3, 0.4) is 0 Å². The average Bonchev–Trinajstić information content (AvgIpc) is 3.91. The Morgan fingerprint density at radius 2 is 0.952 bits per heavy atom. The van der Waals surface area contributed by atoms with Gasteiger partial charge in [-0.15, -0.1) is 0 Å². The van der Waals surface area contributed by atoms with E-state index in [1.165, 1.54) is 33.0 Å². The third-order valence-corrected chi connectivity index (χ3v) is 11.6. The minimum Gasteiger partial charge on any atom is -0.456 e. The van der Waals surface area contributed by atoms with Crippen molar-refractivity contribution in [1.82, 2.24) is 0 Å². The van der Waals surface area contributed by atoms with Gasteiger partial charge in [-0.2, -0.15) is 0 Å². The van der Waals surface area contributed by atoms with Crippen molar-refractivity contribution in [2.75, 3.05) is 11.9 Å². The number of furan rings is 2. The van der Waals surface area contributed by atoms with Crippen LogP contribution in [0.25, 0.3) is 99.7 Å². The predicted molar refractivity (Wildman–Crippen MR) is 265 cm³/mol. The molecule has 62 heavy (non-hydrogen) atoms. The number of para-hydroxylation sites is 2. The fraction of sp³-hybridized carbons (Fsp3) is 0.0508. The highest BCUT2D eigenvalue weighted by Gasteiger charge is 2.11. The summed E-state index contributed by atoms with van der Waals surface area (Å²) in [6.07, 6.45) is 6.68. The average molecular weight is 800 g/mol. The van der Waals surface area contributed by atoms with Crippen molar-refractivity contribution in [2.24, 2.45) is 0 Å². The number of fused-ring (bicyclic) bond motifs is 7. The van der Waals surface area contributed by atoms with Crippen LogP contribution < -0.4 is 5.32 Å². The number of hydrogen-bond acceptors (Lipinski definition) is 3. The SMILES string of the molecule is C(=C/c1ccc(-c2ccc(-c3cccc4ccccc34)cc2)cc1)/C(=C\CNc1ccc(-c2ccc3oc4ccccc4c3c2)cc1)c1ccc2oc3ccccc3c2c1.CC. The number of allylic oxidation sites excluding steroid dienone is 2. The van der Waals surface area contributed by atoms with Gasteiger partial charge in [0.25, 0.3) is 0 Å². The minimum atomic E-state index is 0.657. The second-order valence-corrected chi connectivity index (χ2v) is 15.3. The van der Waals surface area contributed by atoms with Crippen LogP contribution in [0, 0.1) is 0 Å². The van der Waals surface area contributed by atoms with Gasteiger partial charge >= 0.3 is 0 Å². The number of nitrogens with one attached hydrogen (secondary N) is 1. The topological polar surface area (TPSA) is 38.3 Å². The Morgan fingerprint density at radius 1 is 0.435 bits per heavy atom. The van der Waals surface area contributed by atoms with Crippen LogP contribution in [0.2, 0.25) is 0 Å². The summed E-state index contributed by atoms with van der Waals surface area (Å²) in [7, 11) is 0. The third-order valence-electron chi connectivity index (χ3n) is 11.6. The van der Waals surface area contributed by atoms with Gasteiger partial charge in [-0.25, -0.2) is 0 Å². The molecule has 2 heterocycles. The molecule has 11 aromatic rings. The van der Waals surface area contributed by atoms with Gasteiger partial charge in [-0.1, -0.05) is 184 Å². The quantitative estimate of drug-likeness (QED) is 0.148. The van der Waals surface area contributed by atoms with Gasteiger partial charge in [0.2, 0.25) is 0 Å². The highest BCUT2D eigenvalue weighted by Crippen LogP contribution is 2.35. The predicted octanol–water partition coefficient (Wildman–Crippen LogP) is 16.9. The molecular formula is C59H45NO2. The van der Waals surface area contributed by atoms with Crippen molar-refractivity contribution in [2.45, 2.75) is 13.8 Å². The molecule has 11 rings (SSSR count). The van der Waals surface area contributed by atoms with E-state index >= 15 is 0 Å². The molecule has 298 valence electrons. The molecule has 0 saturated heterocycles. The zero-order chi connectivity index (χ0) is 41.8. The van der Waals surface area contributed by atoms with E-state index in [0.717, 1.165) is 77.4 Å². The van der Waals surface area contributed by atoms with Crippen LogP contribution in [-0.4, -0.2) is 6.54 Å². The minimum absolute atomic E-state index is 0.657. The van der Waals surface area contributed by atoms with Gasteiger partial charge in [0.05, 0.1) is 0 Å². The van der Waals surface area contributed by atoms with Crippen molar-refractivity contribution in [3.8, 4) is 33.4 Å². The molecule has 3 nitrogen and oxygen atoms in total. The monoisotopic (exact) mass is 799 g/mol. The number of rotatable bonds is 9. The molecule has 0 aliphatic rings. The van der Waals surface area contributed by atoms with Crippen molar-refractivity contribution in [3.63, 3.8) is 0 Å². The Morgan fingerprint density at radius 3 is 1.66 bits per heavy atom. The van der Waals surface area contributed by atoms with Gasteiger partial charge in [0.15, 0.2) is 0 Å². The molecule has 0 unspecified atom stereocenters. The second kappa shape index (κ2) is 17.0. The fourth-order valence-corrected chi connectivity index (χ4v) is 8.44. The lowest BCUT2D eigenvalue weighted by Crippen LogP contribution is -1.99. The highest BCUT2D eigenvalue weighted by molar-refractivity contribution is 6.07. The maximum absolute atomic E-state index is 6.17. The Hall–Kier alpha value is -7.88. The molecule has 2 aromatic heterocycles. The molecule has 0 amide bonds. The summed E-state index contributed by atoms with van der Waals surface area (Å²) in [5, 5.41) is 10.7. The molecule has 0 spiro atoms. The molecule has 9 aromatic carbocycles. The van der Waals surface area contributed by atoms with E-state index in [0.29, 0.717) is 6.54 Å². The molecule has 3 heteroatoms. The second-order valence-electron chi connectivity index (χ2n) is 15.3. The Labute approximate surface area is 361 Å². The van der Waals surface area contributed by atoms with Crippen LogP contribution in [0.1, 0.15) is 25.0 Å². The lowest BCUT2D eigenvalue weighted by atomic mass is 9.96. The zero-order valence-corrected chi connectivity index (χ0v) is 34.8. The van der Waals surface area contributed by atoms with E-state index in [1.54, 1.807) is 0 Å².